The van der Waals surface area contributed by atoms with E-state index in [1.54, 1.807) is 6.33 Å². The van der Waals surface area contributed by atoms with Crippen molar-refractivity contribution in [2.75, 3.05) is 45.9 Å². The van der Waals surface area contributed by atoms with Crippen molar-refractivity contribution in [1.82, 2.24) is 30.3 Å². The number of aryl methyl sites for hydroxylation is 1. The second-order valence-electron chi connectivity index (χ2n) is 7.85. The molecule has 0 radical (unpaired) electrons. The first kappa shape index (κ1) is 27.1. The second kappa shape index (κ2) is 15.8. The van der Waals surface area contributed by atoms with Crippen LogP contribution in [-0.2, 0) is 17.7 Å². The van der Waals surface area contributed by atoms with E-state index in [1.165, 1.54) is 6.42 Å². The monoisotopic (exact) mass is 535 g/mol. The van der Waals surface area contributed by atoms with Gasteiger partial charge in [0.1, 0.15) is 12.2 Å². The number of aliphatic imine (C=N–C) groups is 1. The SMILES string of the molecule is CCc1nncn1CCNC(=NCC1CCOC1)NC(C)CCCN(CC)CC.I. The van der Waals surface area contributed by atoms with Crippen LogP contribution in [0.5, 0.6) is 0 Å². The average molecular weight is 536 g/mol. The van der Waals surface area contributed by atoms with Gasteiger partial charge in [0.2, 0.25) is 0 Å². The Kier molecular flexibility index (Phi) is 14.3. The van der Waals surface area contributed by atoms with Gasteiger partial charge in [0.05, 0.1) is 6.61 Å². The lowest BCUT2D eigenvalue weighted by atomic mass is 10.1. The van der Waals surface area contributed by atoms with Crippen LogP contribution in [0.1, 0.15) is 52.8 Å². The van der Waals surface area contributed by atoms with Gasteiger partial charge in [-0.25, -0.2) is 0 Å². The minimum Gasteiger partial charge on any atom is -0.381 e. The van der Waals surface area contributed by atoms with Crippen molar-refractivity contribution in [3.63, 3.8) is 0 Å². The molecule has 0 aliphatic carbocycles. The summed E-state index contributed by atoms with van der Waals surface area (Å²) in [5, 5.41) is 15.3. The first-order chi connectivity index (χ1) is 14.2. The standard InChI is InChI=1S/C21H41N7O.HI/c1-5-20-26-24-17-28(20)13-11-22-21(23-15-19-10-14-29-16-19)25-18(4)9-8-12-27(6-2)7-3;/h17-19H,5-16H2,1-4H3,(H2,22,23,25);1H. The molecule has 0 spiro atoms. The fraction of sp³-hybridized carbons (Fsp3) is 0.857. The summed E-state index contributed by atoms with van der Waals surface area (Å²) in [5.74, 6) is 2.46. The first-order valence-corrected chi connectivity index (χ1v) is 11.4. The molecule has 2 rings (SSSR count). The van der Waals surface area contributed by atoms with E-state index in [0.717, 1.165) is 83.5 Å². The Morgan fingerprint density at radius 2 is 2.17 bits per heavy atom. The van der Waals surface area contributed by atoms with Crippen molar-refractivity contribution < 1.29 is 4.74 Å². The summed E-state index contributed by atoms with van der Waals surface area (Å²) in [6.07, 6.45) is 6.13. The number of rotatable bonds is 13. The molecule has 1 aliphatic heterocycles. The van der Waals surface area contributed by atoms with Crippen LogP contribution in [0, 0.1) is 5.92 Å². The lowest BCUT2D eigenvalue weighted by molar-refractivity contribution is 0.187. The highest BCUT2D eigenvalue weighted by atomic mass is 127. The van der Waals surface area contributed by atoms with E-state index in [0.29, 0.717) is 12.0 Å². The highest BCUT2D eigenvalue weighted by molar-refractivity contribution is 14.0. The summed E-state index contributed by atoms with van der Waals surface area (Å²) in [6, 6.07) is 0.387. The van der Waals surface area contributed by atoms with Crippen LogP contribution in [0.2, 0.25) is 0 Å². The normalized spacial score (nSPS) is 17.8. The van der Waals surface area contributed by atoms with Crippen LogP contribution in [0.25, 0.3) is 0 Å². The third-order valence-corrected chi connectivity index (χ3v) is 5.58. The number of nitrogens with zero attached hydrogens (tertiary/aromatic N) is 5. The van der Waals surface area contributed by atoms with Crippen molar-refractivity contribution in [3.05, 3.63) is 12.2 Å². The largest absolute Gasteiger partial charge is 0.381 e. The van der Waals surface area contributed by atoms with Gasteiger partial charge in [0.15, 0.2) is 5.96 Å². The molecule has 9 heteroatoms. The van der Waals surface area contributed by atoms with Crippen LogP contribution < -0.4 is 10.6 Å². The van der Waals surface area contributed by atoms with Crippen LogP contribution in [0.3, 0.4) is 0 Å². The van der Waals surface area contributed by atoms with Gasteiger partial charge in [-0.3, -0.25) is 4.99 Å². The molecule has 8 nitrogen and oxygen atoms in total. The Hall–Kier alpha value is -0.940. The molecule has 174 valence electrons. The molecular formula is C21H42IN7O. The molecular weight excluding hydrogens is 493 g/mol. The van der Waals surface area contributed by atoms with Gasteiger partial charge in [-0.1, -0.05) is 20.8 Å². The third kappa shape index (κ3) is 9.91. The zero-order valence-electron chi connectivity index (χ0n) is 19.3. The van der Waals surface area contributed by atoms with Gasteiger partial charge in [0.25, 0.3) is 0 Å². The molecule has 0 bridgehead atoms. The maximum atomic E-state index is 5.49. The van der Waals surface area contributed by atoms with Crippen LogP contribution in [0.4, 0.5) is 0 Å². The molecule has 1 aromatic rings. The van der Waals surface area contributed by atoms with E-state index in [4.69, 9.17) is 9.73 Å². The summed E-state index contributed by atoms with van der Waals surface area (Å²) in [4.78, 5) is 7.32. The quantitative estimate of drug-likeness (QED) is 0.230. The maximum Gasteiger partial charge on any atom is 0.191 e. The number of halogens is 1. The highest BCUT2D eigenvalue weighted by Gasteiger charge is 2.15. The van der Waals surface area contributed by atoms with Crippen molar-refractivity contribution in [3.8, 4) is 0 Å². The predicted octanol–water partition coefficient (Wildman–Crippen LogP) is 2.54. The highest BCUT2D eigenvalue weighted by Crippen LogP contribution is 2.12. The van der Waals surface area contributed by atoms with Crippen molar-refractivity contribution in [2.45, 2.75) is 66.0 Å². The topological polar surface area (TPSA) is 79.6 Å². The van der Waals surface area contributed by atoms with E-state index < -0.39 is 0 Å². The molecule has 1 saturated heterocycles. The van der Waals surface area contributed by atoms with Crippen molar-refractivity contribution in [1.29, 1.82) is 0 Å². The van der Waals surface area contributed by atoms with Gasteiger partial charge in [-0.2, -0.15) is 0 Å². The number of hydrogen-bond acceptors (Lipinski definition) is 5. The summed E-state index contributed by atoms with van der Waals surface area (Å²) in [5.41, 5.74) is 0. The molecule has 1 aromatic heterocycles. The molecule has 2 heterocycles. The maximum absolute atomic E-state index is 5.49. The summed E-state index contributed by atoms with van der Waals surface area (Å²) in [6.45, 7) is 16.3. The lowest BCUT2D eigenvalue weighted by Crippen LogP contribution is -2.44. The van der Waals surface area contributed by atoms with E-state index in [1.807, 2.05) is 0 Å². The zero-order chi connectivity index (χ0) is 20.9. The Morgan fingerprint density at radius 1 is 1.37 bits per heavy atom. The van der Waals surface area contributed by atoms with Crippen LogP contribution in [-0.4, -0.2) is 77.6 Å². The summed E-state index contributed by atoms with van der Waals surface area (Å²) < 4.78 is 7.59. The molecule has 1 aliphatic rings. The first-order valence-electron chi connectivity index (χ1n) is 11.4. The molecule has 1 fully saturated rings. The second-order valence-corrected chi connectivity index (χ2v) is 7.85. The fourth-order valence-corrected chi connectivity index (χ4v) is 3.60. The van der Waals surface area contributed by atoms with Gasteiger partial charge < -0.3 is 24.8 Å². The Balaban J connectivity index is 0.00000450. The lowest BCUT2D eigenvalue weighted by Gasteiger charge is -2.21. The Morgan fingerprint density at radius 3 is 2.83 bits per heavy atom. The number of aromatic nitrogens is 3. The molecule has 0 aromatic carbocycles. The molecule has 30 heavy (non-hydrogen) atoms. The van der Waals surface area contributed by atoms with E-state index in [9.17, 15) is 0 Å². The minimum atomic E-state index is 0. The van der Waals surface area contributed by atoms with E-state index in [2.05, 4.69) is 58.0 Å². The van der Waals surface area contributed by atoms with Crippen molar-refractivity contribution in [2.24, 2.45) is 10.9 Å². The smallest absolute Gasteiger partial charge is 0.191 e. The molecule has 0 amide bonds. The summed E-state index contributed by atoms with van der Waals surface area (Å²) >= 11 is 0. The van der Waals surface area contributed by atoms with Gasteiger partial charge in [0, 0.05) is 44.6 Å². The van der Waals surface area contributed by atoms with E-state index >= 15 is 0 Å². The Bertz CT molecular complexity index is 586. The van der Waals surface area contributed by atoms with Gasteiger partial charge in [-0.15, -0.1) is 34.2 Å². The minimum absolute atomic E-state index is 0. The van der Waals surface area contributed by atoms with Crippen molar-refractivity contribution >= 4 is 29.9 Å². The van der Waals surface area contributed by atoms with Gasteiger partial charge in [-0.05, 0) is 45.8 Å². The molecule has 2 N–H and O–H groups in total. The summed E-state index contributed by atoms with van der Waals surface area (Å²) in [7, 11) is 0. The zero-order valence-corrected chi connectivity index (χ0v) is 21.6. The predicted molar refractivity (Wildman–Crippen MR) is 134 cm³/mol. The number of hydrogen-bond donors (Lipinski definition) is 2. The molecule has 2 atom stereocenters. The van der Waals surface area contributed by atoms with E-state index in [-0.39, 0.29) is 24.0 Å². The fourth-order valence-electron chi connectivity index (χ4n) is 3.60. The van der Waals surface area contributed by atoms with Crippen LogP contribution >= 0.6 is 24.0 Å². The average Bonchev–Trinajstić information content (AvgIpc) is 3.41. The van der Waals surface area contributed by atoms with Gasteiger partial charge >= 0.3 is 0 Å². The number of nitrogens with one attached hydrogen (secondary N) is 2. The molecule has 0 saturated carbocycles. The molecule has 2 unspecified atom stereocenters. The number of guanidine groups is 1. The third-order valence-electron chi connectivity index (χ3n) is 5.58. The Labute approximate surface area is 199 Å². The number of ether oxygens (including phenoxy) is 1. The van der Waals surface area contributed by atoms with Crippen LogP contribution in [0.15, 0.2) is 11.3 Å².